The molecular weight excluding hydrogens is 853 g/mol. The number of esters is 1. The molecule has 2 atom stereocenters. The predicted molar refractivity (Wildman–Crippen MR) is 238 cm³/mol. The molecule has 0 aromatic carbocycles. The van der Waals surface area contributed by atoms with Gasteiger partial charge in [-0.25, -0.2) is 14.4 Å². The lowest BCUT2D eigenvalue weighted by atomic mass is 10.1. The van der Waals surface area contributed by atoms with Gasteiger partial charge in [-0.2, -0.15) is 0 Å². The summed E-state index contributed by atoms with van der Waals surface area (Å²) in [5.74, 6) is -5.17. The van der Waals surface area contributed by atoms with Crippen molar-refractivity contribution < 1.29 is 68.3 Å². The van der Waals surface area contributed by atoms with E-state index in [9.17, 15) is 58.5 Å². The van der Waals surface area contributed by atoms with Crippen LogP contribution in [-0.4, -0.2) is 205 Å². The van der Waals surface area contributed by atoms with Crippen molar-refractivity contribution >= 4 is 53.5 Å². The number of hydrogen-bond acceptors (Lipinski definition) is 14. The van der Waals surface area contributed by atoms with E-state index in [0.29, 0.717) is 117 Å². The number of carboxylic acid groups (broad SMARTS) is 4. The van der Waals surface area contributed by atoms with Crippen LogP contribution in [-0.2, 0) is 43.1 Å². The van der Waals surface area contributed by atoms with Crippen LogP contribution in [0.2, 0.25) is 0 Å². The smallest absolute Gasteiger partial charge is 0.328 e. The van der Waals surface area contributed by atoms with Crippen molar-refractivity contribution in [3.63, 3.8) is 0 Å². The van der Waals surface area contributed by atoms with E-state index in [-0.39, 0.29) is 43.5 Å². The lowest BCUT2D eigenvalue weighted by molar-refractivity contribution is -0.144. The second kappa shape index (κ2) is 35.3. The summed E-state index contributed by atoms with van der Waals surface area (Å²) in [5.41, 5.74) is 0. The second-order valence-corrected chi connectivity index (χ2v) is 16.6. The van der Waals surface area contributed by atoms with Crippen LogP contribution in [0.4, 0.5) is 4.79 Å². The number of nitrogens with one attached hydrogen (secondary N) is 4. The van der Waals surface area contributed by atoms with Crippen LogP contribution in [0.15, 0.2) is 0 Å². The summed E-state index contributed by atoms with van der Waals surface area (Å²) in [7, 11) is 3.05. The van der Waals surface area contributed by atoms with Crippen molar-refractivity contribution in [2.24, 2.45) is 0 Å². The van der Waals surface area contributed by atoms with Crippen LogP contribution in [0.5, 0.6) is 0 Å². The molecule has 1 aliphatic heterocycles. The quantitative estimate of drug-likeness (QED) is 0.0334. The van der Waals surface area contributed by atoms with Gasteiger partial charge in [0.25, 0.3) is 0 Å². The molecule has 0 aromatic heterocycles. The maximum Gasteiger partial charge on any atom is 0.328 e. The fourth-order valence-corrected chi connectivity index (χ4v) is 7.11. The third kappa shape index (κ3) is 31.6. The number of rotatable bonds is 33. The van der Waals surface area contributed by atoms with E-state index in [1.165, 1.54) is 0 Å². The number of urea groups is 1. The molecule has 0 radical (unpaired) electrons. The lowest BCUT2D eigenvalue weighted by Crippen LogP contribution is -2.51. The monoisotopic (exact) mass is 929 g/mol. The van der Waals surface area contributed by atoms with Crippen molar-refractivity contribution in [3.05, 3.63) is 0 Å². The van der Waals surface area contributed by atoms with E-state index in [1.807, 2.05) is 11.9 Å². The molecular formula is C43H76N8O14. The number of methoxy groups -OCH3 is 1. The number of ketones is 1. The topological polar surface area (TPSA) is 305 Å². The Balaban J connectivity index is 2.16. The van der Waals surface area contributed by atoms with E-state index < -0.39 is 54.4 Å². The van der Waals surface area contributed by atoms with E-state index in [1.54, 1.807) is 4.90 Å². The number of likely N-dealkylation sites (N-methyl/N-ethyl adjacent to an activating group) is 1. The lowest BCUT2D eigenvalue weighted by Gasteiger charge is -2.32. The summed E-state index contributed by atoms with van der Waals surface area (Å²) in [5, 5.41) is 47.3. The fraction of sp³-hybridized carbons (Fsp3) is 0.791. The Kier molecular flexibility index (Phi) is 31.6. The number of hydrogen-bond donors (Lipinski definition) is 8. The number of Topliss-reactive ketones (excluding diaryl/α,β-unsaturated/α-hetero) is 1. The minimum absolute atomic E-state index is 0.00501. The Hall–Kier alpha value is -4.93. The van der Waals surface area contributed by atoms with E-state index >= 15 is 0 Å². The normalized spacial score (nSPS) is 15.6. The van der Waals surface area contributed by atoms with Crippen molar-refractivity contribution in [2.45, 2.75) is 121 Å². The van der Waals surface area contributed by atoms with Crippen molar-refractivity contribution in [2.75, 3.05) is 99.2 Å². The average Bonchev–Trinajstić information content (AvgIpc) is 3.24. The van der Waals surface area contributed by atoms with E-state index in [4.69, 9.17) is 5.11 Å². The second-order valence-electron chi connectivity index (χ2n) is 16.6. The Morgan fingerprint density at radius 1 is 0.492 bits per heavy atom. The van der Waals surface area contributed by atoms with Crippen LogP contribution in [0.1, 0.15) is 109 Å². The van der Waals surface area contributed by atoms with Gasteiger partial charge < -0.3 is 51.3 Å². The van der Waals surface area contributed by atoms with Gasteiger partial charge in [0.2, 0.25) is 11.8 Å². The summed E-state index contributed by atoms with van der Waals surface area (Å²) in [6, 6.07) is -3.47. The maximum atomic E-state index is 12.9. The molecule has 22 nitrogen and oxygen atoms in total. The highest BCUT2D eigenvalue weighted by Crippen LogP contribution is 2.09. The number of ether oxygens (including phenoxy) is 1. The molecule has 0 aliphatic carbocycles. The SMILES string of the molecule is COC(=O)[C@H](CCC(=O)O)NC(=O)N[C@@H](CCCCNC(=O)CCCCCCC(=O)NCCCCCCCC(=O)CN1CCN(C)CCN(CC(=O)O)CCN(CC(=O)O)CC1)C(=O)O. The first-order valence-electron chi connectivity index (χ1n) is 22.9. The Bertz CT molecular complexity index is 1490. The van der Waals surface area contributed by atoms with Gasteiger partial charge in [0.1, 0.15) is 17.9 Å². The molecule has 1 rings (SSSR count). The molecule has 1 saturated heterocycles. The molecule has 0 unspecified atom stereocenters. The molecule has 1 heterocycles. The molecule has 0 bridgehead atoms. The van der Waals surface area contributed by atoms with Crippen molar-refractivity contribution in [3.8, 4) is 0 Å². The number of unbranched alkanes of at least 4 members (excludes halogenated alkanes) is 8. The Morgan fingerprint density at radius 3 is 1.40 bits per heavy atom. The summed E-state index contributed by atoms with van der Waals surface area (Å²) in [4.78, 5) is 115. The molecule has 0 aromatic rings. The minimum atomic E-state index is -1.28. The first kappa shape index (κ1) is 58.1. The molecule has 65 heavy (non-hydrogen) atoms. The highest BCUT2D eigenvalue weighted by molar-refractivity contribution is 5.87. The van der Waals surface area contributed by atoms with Gasteiger partial charge in [0.15, 0.2) is 0 Å². The van der Waals surface area contributed by atoms with Gasteiger partial charge in [0.05, 0.1) is 26.7 Å². The zero-order valence-corrected chi connectivity index (χ0v) is 38.5. The summed E-state index contributed by atoms with van der Waals surface area (Å²) >= 11 is 0. The third-order valence-electron chi connectivity index (χ3n) is 11.0. The zero-order chi connectivity index (χ0) is 48.4. The van der Waals surface area contributed by atoms with Gasteiger partial charge >= 0.3 is 35.9 Å². The number of carboxylic acids is 4. The zero-order valence-electron chi connectivity index (χ0n) is 38.5. The van der Waals surface area contributed by atoms with Crippen LogP contribution < -0.4 is 21.3 Å². The molecule has 0 spiro atoms. The van der Waals surface area contributed by atoms with Gasteiger partial charge in [-0.15, -0.1) is 0 Å². The van der Waals surface area contributed by atoms with Crippen molar-refractivity contribution in [1.82, 2.24) is 40.9 Å². The Morgan fingerprint density at radius 2 is 0.923 bits per heavy atom. The number of carbonyl (C=O) groups excluding carboxylic acids is 5. The van der Waals surface area contributed by atoms with Crippen LogP contribution in [0.25, 0.3) is 0 Å². The van der Waals surface area contributed by atoms with Gasteiger partial charge in [-0.1, -0.05) is 32.1 Å². The molecule has 0 saturated carbocycles. The largest absolute Gasteiger partial charge is 0.481 e. The van der Waals surface area contributed by atoms with E-state index in [0.717, 1.165) is 52.1 Å². The molecule has 1 fully saturated rings. The average molecular weight is 929 g/mol. The first-order chi connectivity index (χ1) is 31.0. The van der Waals surface area contributed by atoms with E-state index in [2.05, 4.69) is 35.8 Å². The third-order valence-corrected chi connectivity index (χ3v) is 11.0. The molecule has 22 heteroatoms. The van der Waals surface area contributed by atoms with Crippen LogP contribution in [0, 0.1) is 0 Å². The van der Waals surface area contributed by atoms with Crippen LogP contribution in [0.3, 0.4) is 0 Å². The summed E-state index contributed by atoms with van der Waals surface area (Å²) in [6.45, 7) is 5.42. The van der Waals surface area contributed by atoms with Crippen molar-refractivity contribution in [1.29, 1.82) is 0 Å². The standard InChI is InChI=1S/C43H76N8O14/c1-48-22-24-49(26-27-51(32-40(59)60)29-28-50(25-23-48)31-39(57)58)30-33(52)14-8-4-3-7-12-20-44-36(53)16-9-5-6-10-17-37(54)45-21-13-11-15-34(41(61)62)46-43(64)47-35(42(63)65-2)18-19-38(55)56/h34-35H,3-32H2,1-2H3,(H,44,53)(H,45,54)(H,55,56)(H,57,58)(H,59,60)(H,61,62)(H2,46,47,64)/t34-,35-/m0/s1. The molecule has 4 amide bonds. The van der Waals surface area contributed by atoms with Gasteiger partial charge in [-0.05, 0) is 58.4 Å². The highest BCUT2D eigenvalue weighted by atomic mass is 16.5. The maximum absolute atomic E-state index is 12.9. The molecule has 372 valence electrons. The number of aliphatic carboxylic acids is 4. The highest BCUT2D eigenvalue weighted by Gasteiger charge is 2.26. The predicted octanol–water partition coefficient (Wildman–Crippen LogP) is 0.819. The fourth-order valence-electron chi connectivity index (χ4n) is 7.11. The Labute approximate surface area is 382 Å². The van der Waals surface area contributed by atoms with Gasteiger partial charge in [0, 0.05) is 91.1 Å². The molecule has 1 aliphatic rings. The summed E-state index contributed by atoms with van der Waals surface area (Å²) < 4.78 is 4.56. The number of nitrogens with zero attached hydrogens (tertiary/aromatic N) is 4. The first-order valence-corrected chi connectivity index (χ1v) is 22.9. The van der Waals surface area contributed by atoms with Crippen LogP contribution >= 0.6 is 0 Å². The summed E-state index contributed by atoms with van der Waals surface area (Å²) in [6.07, 6.45) is 8.92. The minimum Gasteiger partial charge on any atom is -0.481 e. The number of amides is 4. The molecule has 8 N–H and O–H groups in total. The number of carbonyl (C=O) groups is 9. The van der Waals surface area contributed by atoms with Gasteiger partial charge in [-0.3, -0.25) is 43.5 Å².